The first-order valence-electron chi connectivity index (χ1n) is 5.52. The average molecular weight is 240 g/mol. The van der Waals surface area contributed by atoms with Crippen molar-refractivity contribution in [2.45, 2.75) is 19.4 Å². The molecule has 0 aromatic carbocycles. The minimum Gasteiger partial charge on any atom is -0.464 e. The maximum atomic E-state index is 11.4. The van der Waals surface area contributed by atoms with Gasteiger partial charge in [-0.25, -0.2) is 9.78 Å². The first kappa shape index (κ1) is 13.5. The summed E-state index contributed by atoms with van der Waals surface area (Å²) in [5.74, 6) is -0.135. The summed E-state index contributed by atoms with van der Waals surface area (Å²) in [6.45, 7) is 2.99. The number of aromatic nitrogens is 2. The minimum absolute atomic E-state index is 0.184. The van der Waals surface area contributed by atoms with Crippen LogP contribution in [-0.2, 0) is 4.74 Å². The first-order valence-corrected chi connectivity index (χ1v) is 5.52. The number of imidazole rings is 1. The zero-order valence-electron chi connectivity index (χ0n) is 10.8. The van der Waals surface area contributed by atoms with Gasteiger partial charge in [-0.2, -0.15) is 0 Å². The van der Waals surface area contributed by atoms with Crippen LogP contribution in [0.1, 0.15) is 29.9 Å². The predicted octanol–water partition coefficient (Wildman–Crippen LogP) is 0.765. The van der Waals surface area contributed by atoms with Crippen molar-refractivity contribution in [3.05, 3.63) is 12.0 Å². The van der Waals surface area contributed by atoms with Crippen molar-refractivity contribution < 1.29 is 9.53 Å². The Balaban J connectivity index is 2.78. The number of carbonyl (C=O) groups excluding carboxylic acids is 1. The highest BCUT2D eigenvalue weighted by Crippen LogP contribution is 2.19. The summed E-state index contributed by atoms with van der Waals surface area (Å²) in [5, 5.41) is 0. The van der Waals surface area contributed by atoms with Crippen LogP contribution in [0.15, 0.2) is 6.33 Å². The molecule has 96 valence electrons. The molecule has 0 fully saturated rings. The number of ether oxygens (including phenoxy) is 1. The summed E-state index contributed by atoms with van der Waals surface area (Å²) < 4.78 is 6.41. The van der Waals surface area contributed by atoms with Crippen LogP contribution in [0.5, 0.6) is 0 Å². The van der Waals surface area contributed by atoms with E-state index in [4.69, 9.17) is 5.73 Å². The Bertz CT molecular complexity index is 387. The van der Waals surface area contributed by atoms with Gasteiger partial charge in [0.2, 0.25) is 0 Å². The van der Waals surface area contributed by atoms with Crippen LogP contribution in [0.4, 0.5) is 5.82 Å². The van der Waals surface area contributed by atoms with Gasteiger partial charge in [0.15, 0.2) is 5.69 Å². The summed E-state index contributed by atoms with van der Waals surface area (Å²) in [4.78, 5) is 17.4. The lowest BCUT2D eigenvalue weighted by molar-refractivity contribution is 0.0596. The fraction of sp³-hybridized carbons (Fsp3) is 0.636. The standard InChI is InChI=1S/C11H20N4O2/c1-8(5-6-14(2)3)15-7-13-9(10(15)12)11(16)17-4/h7-8H,5-6,12H2,1-4H3. The molecule has 0 bridgehead atoms. The second-order valence-electron chi connectivity index (χ2n) is 4.32. The van der Waals surface area contributed by atoms with Gasteiger partial charge < -0.3 is 19.9 Å². The van der Waals surface area contributed by atoms with Crippen LogP contribution in [0.25, 0.3) is 0 Å². The molecule has 0 saturated carbocycles. The second-order valence-corrected chi connectivity index (χ2v) is 4.32. The molecule has 1 aromatic rings. The number of hydrogen-bond acceptors (Lipinski definition) is 5. The molecular formula is C11H20N4O2. The van der Waals surface area contributed by atoms with Crippen molar-refractivity contribution in [1.82, 2.24) is 14.5 Å². The molecule has 0 radical (unpaired) electrons. The lowest BCUT2D eigenvalue weighted by atomic mass is 10.2. The quantitative estimate of drug-likeness (QED) is 0.769. The smallest absolute Gasteiger partial charge is 0.360 e. The monoisotopic (exact) mass is 240 g/mol. The Labute approximate surface area is 101 Å². The number of methoxy groups -OCH3 is 1. The van der Waals surface area contributed by atoms with Crippen molar-refractivity contribution in [1.29, 1.82) is 0 Å². The van der Waals surface area contributed by atoms with Gasteiger partial charge in [0, 0.05) is 6.04 Å². The maximum absolute atomic E-state index is 11.4. The van der Waals surface area contributed by atoms with Crippen molar-refractivity contribution >= 4 is 11.8 Å². The molecule has 1 heterocycles. The van der Waals surface area contributed by atoms with E-state index in [9.17, 15) is 4.79 Å². The van der Waals surface area contributed by atoms with Gasteiger partial charge in [0.05, 0.1) is 13.4 Å². The van der Waals surface area contributed by atoms with Crippen LogP contribution in [0.2, 0.25) is 0 Å². The van der Waals surface area contributed by atoms with E-state index < -0.39 is 5.97 Å². The Morgan fingerprint density at radius 1 is 1.65 bits per heavy atom. The van der Waals surface area contributed by atoms with Crippen molar-refractivity contribution in [3.63, 3.8) is 0 Å². The van der Waals surface area contributed by atoms with E-state index in [1.807, 2.05) is 21.0 Å². The maximum Gasteiger partial charge on any atom is 0.360 e. The first-order chi connectivity index (χ1) is 7.97. The Morgan fingerprint density at radius 3 is 2.82 bits per heavy atom. The van der Waals surface area contributed by atoms with Crippen molar-refractivity contribution in [2.75, 3.05) is 33.5 Å². The molecule has 0 amide bonds. The highest BCUT2D eigenvalue weighted by atomic mass is 16.5. The molecule has 6 nitrogen and oxygen atoms in total. The lowest BCUT2D eigenvalue weighted by Gasteiger charge is -2.17. The van der Waals surface area contributed by atoms with Crippen LogP contribution in [0, 0.1) is 0 Å². The molecule has 0 saturated heterocycles. The number of nitrogens with two attached hydrogens (primary N) is 1. The third kappa shape index (κ3) is 3.20. The Morgan fingerprint density at radius 2 is 2.29 bits per heavy atom. The number of rotatable bonds is 5. The molecule has 0 spiro atoms. The predicted molar refractivity (Wildman–Crippen MR) is 65.9 cm³/mol. The third-order valence-corrected chi connectivity index (χ3v) is 2.68. The van der Waals surface area contributed by atoms with E-state index in [1.54, 1.807) is 10.9 Å². The van der Waals surface area contributed by atoms with Crippen LogP contribution < -0.4 is 5.73 Å². The Kier molecular flexibility index (Phi) is 4.51. The molecule has 1 atom stereocenters. The van der Waals surface area contributed by atoms with Gasteiger partial charge in [-0.1, -0.05) is 0 Å². The van der Waals surface area contributed by atoms with Gasteiger partial charge in [-0.15, -0.1) is 0 Å². The number of hydrogen-bond donors (Lipinski definition) is 1. The van der Waals surface area contributed by atoms with Gasteiger partial charge in [0.1, 0.15) is 5.82 Å². The van der Waals surface area contributed by atoms with Crippen molar-refractivity contribution in [3.8, 4) is 0 Å². The fourth-order valence-electron chi connectivity index (χ4n) is 1.56. The summed E-state index contributed by atoms with van der Waals surface area (Å²) in [5.41, 5.74) is 6.06. The molecule has 0 aliphatic carbocycles. The highest BCUT2D eigenvalue weighted by Gasteiger charge is 2.18. The zero-order valence-corrected chi connectivity index (χ0v) is 10.8. The van der Waals surface area contributed by atoms with Gasteiger partial charge >= 0.3 is 5.97 Å². The van der Waals surface area contributed by atoms with E-state index in [-0.39, 0.29) is 11.7 Å². The molecule has 1 aromatic heterocycles. The average Bonchev–Trinajstić information content (AvgIpc) is 2.67. The molecule has 1 unspecified atom stereocenters. The molecule has 0 aliphatic heterocycles. The summed E-state index contributed by atoms with van der Waals surface area (Å²) in [6, 6.07) is 0.198. The summed E-state index contributed by atoms with van der Waals surface area (Å²) in [6.07, 6.45) is 2.52. The fourth-order valence-corrected chi connectivity index (χ4v) is 1.56. The summed E-state index contributed by atoms with van der Waals surface area (Å²) in [7, 11) is 5.35. The van der Waals surface area contributed by atoms with Crippen molar-refractivity contribution in [2.24, 2.45) is 0 Å². The normalized spacial score (nSPS) is 12.8. The number of carbonyl (C=O) groups is 1. The van der Waals surface area contributed by atoms with Gasteiger partial charge in [0.25, 0.3) is 0 Å². The summed E-state index contributed by atoms with van der Waals surface area (Å²) >= 11 is 0. The van der Waals surface area contributed by atoms with E-state index in [0.717, 1.165) is 13.0 Å². The molecule has 0 aliphatic rings. The topological polar surface area (TPSA) is 73.4 Å². The van der Waals surface area contributed by atoms with E-state index in [2.05, 4.69) is 14.6 Å². The van der Waals surface area contributed by atoms with E-state index in [0.29, 0.717) is 5.82 Å². The lowest BCUT2D eigenvalue weighted by Crippen LogP contribution is -2.18. The van der Waals surface area contributed by atoms with Gasteiger partial charge in [-0.3, -0.25) is 0 Å². The highest BCUT2D eigenvalue weighted by molar-refractivity contribution is 5.92. The Hall–Kier alpha value is -1.56. The van der Waals surface area contributed by atoms with Crippen LogP contribution in [0.3, 0.4) is 0 Å². The molecular weight excluding hydrogens is 220 g/mol. The molecule has 1 rings (SSSR count). The largest absolute Gasteiger partial charge is 0.464 e. The molecule has 17 heavy (non-hydrogen) atoms. The van der Waals surface area contributed by atoms with Crippen LogP contribution >= 0.6 is 0 Å². The number of nitrogen functional groups attached to an aromatic ring is 1. The van der Waals surface area contributed by atoms with E-state index in [1.165, 1.54) is 7.11 Å². The second kappa shape index (κ2) is 5.67. The zero-order chi connectivity index (χ0) is 13.0. The molecule has 6 heteroatoms. The number of anilines is 1. The van der Waals surface area contributed by atoms with E-state index >= 15 is 0 Å². The number of nitrogens with zero attached hydrogens (tertiary/aromatic N) is 3. The molecule has 2 N–H and O–H groups in total. The SMILES string of the molecule is COC(=O)c1ncn(C(C)CCN(C)C)c1N. The van der Waals surface area contributed by atoms with Crippen LogP contribution in [-0.4, -0.2) is 48.2 Å². The third-order valence-electron chi connectivity index (χ3n) is 2.68. The number of esters is 1. The van der Waals surface area contributed by atoms with Gasteiger partial charge in [-0.05, 0) is 34.0 Å². The minimum atomic E-state index is -0.499.